The van der Waals surface area contributed by atoms with Crippen molar-refractivity contribution >= 4 is 23.1 Å². The summed E-state index contributed by atoms with van der Waals surface area (Å²) in [5.41, 5.74) is 1.37. The van der Waals surface area contributed by atoms with Gasteiger partial charge in [-0.1, -0.05) is 0 Å². The van der Waals surface area contributed by atoms with Crippen molar-refractivity contribution in [3.05, 3.63) is 30.1 Å². The minimum absolute atomic E-state index is 0.401. The molecular weight excluding hydrogens is 194 g/mol. The highest BCUT2D eigenvalue weighted by atomic mass is 16.5. The third kappa shape index (κ3) is 2.01. The van der Waals surface area contributed by atoms with Crippen molar-refractivity contribution in [3.8, 4) is 0 Å². The molecule has 2 rings (SSSR count). The number of aromatic nitrogens is 3. The van der Waals surface area contributed by atoms with Crippen LogP contribution in [0.25, 0.3) is 17.1 Å². The summed E-state index contributed by atoms with van der Waals surface area (Å²) >= 11 is 0. The van der Waals surface area contributed by atoms with Crippen LogP contribution in [-0.4, -0.2) is 28.3 Å². The van der Waals surface area contributed by atoms with Crippen LogP contribution in [-0.2, 0) is 9.53 Å². The maximum absolute atomic E-state index is 10.8. The number of fused-ring (bicyclic) bond motifs is 1. The van der Waals surface area contributed by atoms with E-state index in [0.717, 1.165) is 5.39 Å². The van der Waals surface area contributed by atoms with Crippen molar-refractivity contribution in [2.45, 2.75) is 0 Å². The van der Waals surface area contributed by atoms with E-state index in [0.29, 0.717) is 11.3 Å². The normalized spacial score (nSPS) is 11.0. The molecule has 0 aliphatic carbocycles. The summed E-state index contributed by atoms with van der Waals surface area (Å²) in [6.45, 7) is 0. The minimum Gasteiger partial charge on any atom is -0.466 e. The summed E-state index contributed by atoms with van der Waals surface area (Å²) in [7, 11) is 1.33. The van der Waals surface area contributed by atoms with Gasteiger partial charge in [-0.3, -0.25) is 5.10 Å². The fraction of sp³-hybridized carbons (Fsp3) is 0.100. The van der Waals surface area contributed by atoms with Gasteiger partial charge in [-0.2, -0.15) is 5.10 Å². The number of hydrogen-bond donors (Lipinski definition) is 1. The number of methoxy groups -OCH3 is 1. The molecule has 0 saturated heterocycles. The first kappa shape index (κ1) is 9.39. The molecule has 0 amide bonds. The van der Waals surface area contributed by atoms with E-state index in [2.05, 4.69) is 19.9 Å². The standard InChI is InChI=1S/C10H9N3O2/c1-15-9(14)5-4-8-3-2-7-6-11-13-10(7)12-8/h2-6H,1H3,(H,11,12,13)/b5-4+. The lowest BCUT2D eigenvalue weighted by Gasteiger charge is -1.93. The van der Waals surface area contributed by atoms with Gasteiger partial charge in [-0.05, 0) is 18.2 Å². The second kappa shape index (κ2) is 3.91. The molecule has 0 saturated carbocycles. The van der Waals surface area contributed by atoms with Gasteiger partial charge in [-0.15, -0.1) is 0 Å². The predicted molar refractivity (Wildman–Crippen MR) is 54.9 cm³/mol. The summed E-state index contributed by atoms with van der Waals surface area (Å²) < 4.78 is 4.47. The average Bonchev–Trinajstić information content (AvgIpc) is 2.72. The number of H-pyrrole nitrogens is 1. The number of aromatic amines is 1. The van der Waals surface area contributed by atoms with E-state index in [1.807, 2.05) is 6.07 Å². The van der Waals surface area contributed by atoms with E-state index >= 15 is 0 Å². The average molecular weight is 203 g/mol. The highest BCUT2D eigenvalue weighted by Crippen LogP contribution is 2.09. The van der Waals surface area contributed by atoms with E-state index in [9.17, 15) is 4.79 Å². The molecule has 0 spiro atoms. The molecule has 0 aliphatic rings. The van der Waals surface area contributed by atoms with Gasteiger partial charge in [0.25, 0.3) is 0 Å². The number of esters is 1. The summed E-state index contributed by atoms with van der Waals surface area (Å²) in [6, 6.07) is 3.68. The van der Waals surface area contributed by atoms with Crippen molar-refractivity contribution < 1.29 is 9.53 Å². The molecule has 0 aromatic carbocycles. The van der Waals surface area contributed by atoms with E-state index in [1.54, 1.807) is 18.3 Å². The number of nitrogens with one attached hydrogen (secondary N) is 1. The van der Waals surface area contributed by atoms with E-state index in [4.69, 9.17) is 0 Å². The first-order chi connectivity index (χ1) is 7.29. The maximum atomic E-state index is 10.8. The molecule has 2 aromatic heterocycles. The lowest BCUT2D eigenvalue weighted by Crippen LogP contribution is -1.93. The fourth-order valence-corrected chi connectivity index (χ4v) is 1.16. The molecular formula is C10H9N3O2. The Kier molecular flexibility index (Phi) is 2.45. The Morgan fingerprint density at radius 1 is 1.53 bits per heavy atom. The lowest BCUT2D eigenvalue weighted by molar-refractivity contribution is -0.134. The second-order valence-electron chi connectivity index (χ2n) is 2.90. The third-order valence-electron chi connectivity index (χ3n) is 1.91. The molecule has 0 aliphatic heterocycles. The second-order valence-corrected chi connectivity index (χ2v) is 2.90. The van der Waals surface area contributed by atoms with Gasteiger partial charge < -0.3 is 4.74 Å². The summed E-state index contributed by atoms with van der Waals surface area (Å²) in [5.74, 6) is -0.401. The van der Waals surface area contributed by atoms with Gasteiger partial charge in [0.05, 0.1) is 19.0 Å². The molecule has 0 unspecified atom stereocenters. The maximum Gasteiger partial charge on any atom is 0.330 e. The topological polar surface area (TPSA) is 67.9 Å². The van der Waals surface area contributed by atoms with E-state index in [1.165, 1.54) is 13.2 Å². The van der Waals surface area contributed by atoms with Crippen molar-refractivity contribution in [1.29, 1.82) is 0 Å². The van der Waals surface area contributed by atoms with E-state index < -0.39 is 5.97 Å². The smallest absolute Gasteiger partial charge is 0.330 e. The van der Waals surface area contributed by atoms with E-state index in [-0.39, 0.29) is 0 Å². The molecule has 0 radical (unpaired) electrons. The number of pyridine rings is 1. The van der Waals surface area contributed by atoms with Crippen molar-refractivity contribution in [2.75, 3.05) is 7.11 Å². The number of hydrogen-bond acceptors (Lipinski definition) is 4. The van der Waals surface area contributed by atoms with Crippen molar-refractivity contribution in [1.82, 2.24) is 15.2 Å². The number of carbonyl (C=O) groups excluding carboxylic acids is 1. The lowest BCUT2D eigenvalue weighted by atomic mass is 10.3. The zero-order valence-corrected chi connectivity index (χ0v) is 8.10. The van der Waals surface area contributed by atoms with Crippen molar-refractivity contribution in [2.24, 2.45) is 0 Å². The van der Waals surface area contributed by atoms with Crippen LogP contribution in [0.15, 0.2) is 24.4 Å². The molecule has 0 bridgehead atoms. The van der Waals surface area contributed by atoms with Crippen molar-refractivity contribution in [3.63, 3.8) is 0 Å². The quantitative estimate of drug-likeness (QED) is 0.587. The molecule has 15 heavy (non-hydrogen) atoms. The SMILES string of the molecule is COC(=O)/C=C/c1ccc2cn[nH]c2n1. The Balaban J connectivity index is 2.28. The largest absolute Gasteiger partial charge is 0.466 e. The summed E-state index contributed by atoms with van der Waals surface area (Å²) in [5, 5.41) is 7.54. The fourth-order valence-electron chi connectivity index (χ4n) is 1.16. The van der Waals surface area contributed by atoms with Crippen LogP contribution < -0.4 is 0 Å². The van der Waals surface area contributed by atoms with Crippen LogP contribution in [0.4, 0.5) is 0 Å². The third-order valence-corrected chi connectivity index (χ3v) is 1.91. The van der Waals surface area contributed by atoms with Gasteiger partial charge >= 0.3 is 5.97 Å². The monoisotopic (exact) mass is 203 g/mol. The number of ether oxygens (including phenoxy) is 1. The zero-order chi connectivity index (χ0) is 10.7. The van der Waals surface area contributed by atoms with Crippen LogP contribution in [0.3, 0.4) is 0 Å². The number of carbonyl (C=O) groups is 1. The van der Waals surface area contributed by atoms with Crippen LogP contribution in [0.1, 0.15) is 5.69 Å². The highest BCUT2D eigenvalue weighted by molar-refractivity contribution is 5.87. The van der Waals surface area contributed by atoms with Gasteiger partial charge in [0, 0.05) is 11.5 Å². The molecule has 2 heterocycles. The molecule has 5 heteroatoms. The molecule has 2 aromatic rings. The molecule has 1 N–H and O–H groups in total. The Hall–Kier alpha value is -2.17. The van der Waals surface area contributed by atoms with Gasteiger partial charge in [0.1, 0.15) is 0 Å². The molecule has 0 fully saturated rings. The predicted octanol–water partition coefficient (Wildman–Crippen LogP) is 1.14. The Labute approximate surface area is 85.8 Å². The Morgan fingerprint density at radius 2 is 2.40 bits per heavy atom. The summed E-state index contributed by atoms with van der Waals surface area (Å²) in [4.78, 5) is 15.1. The molecule has 5 nitrogen and oxygen atoms in total. The first-order valence-electron chi connectivity index (χ1n) is 4.36. The van der Waals surface area contributed by atoms with Gasteiger partial charge in [-0.25, -0.2) is 9.78 Å². The van der Waals surface area contributed by atoms with Crippen LogP contribution in [0.5, 0.6) is 0 Å². The van der Waals surface area contributed by atoms with Crippen LogP contribution >= 0.6 is 0 Å². The van der Waals surface area contributed by atoms with Crippen LogP contribution in [0, 0.1) is 0 Å². The van der Waals surface area contributed by atoms with Gasteiger partial charge in [0.15, 0.2) is 5.65 Å². The molecule has 76 valence electrons. The highest BCUT2D eigenvalue weighted by Gasteiger charge is 1.97. The summed E-state index contributed by atoms with van der Waals surface area (Å²) in [6.07, 6.45) is 4.60. The number of nitrogens with zero attached hydrogens (tertiary/aromatic N) is 2. The number of rotatable bonds is 2. The minimum atomic E-state index is -0.401. The first-order valence-corrected chi connectivity index (χ1v) is 4.36. The Morgan fingerprint density at radius 3 is 3.20 bits per heavy atom. The molecule has 0 atom stereocenters. The van der Waals surface area contributed by atoms with Crippen LogP contribution in [0.2, 0.25) is 0 Å². The Bertz CT molecular complexity index is 516. The van der Waals surface area contributed by atoms with Gasteiger partial charge in [0.2, 0.25) is 0 Å². The zero-order valence-electron chi connectivity index (χ0n) is 8.10.